The van der Waals surface area contributed by atoms with Crippen molar-refractivity contribution in [3.8, 4) is 0 Å². The summed E-state index contributed by atoms with van der Waals surface area (Å²) in [4.78, 5) is 11.7. The first kappa shape index (κ1) is 11.4. The van der Waals surface area contributed by atoms with Crippen molar-refractivity contribution in [1.82, 2.24) is 0 Å². The molecule has 1 aromatic carbocycles. The largest absolute Gasteiger partial charge is 0.501 e. The van der Waals surface area contributed by atoms with Gasteiger partial charge in [0.2, 0.25) is 0 Å². The Morgan fingerprint density at radius 3 is 2.53 bits per heavy atom. The first-order valence-corrected chi connectivity index (χ1v) is 4.73. The van der Waals surface area contributed by atoms with Gasteiger partial charge in [-0.25, -0.2) is 4.39 Å². The van der Waals surface area contributed by atoms with E-state index in [-0.39, 0.29) is 11.6 Å². The van der Waals surface area contributed by atoms with Gasteiger partial charge in [-0.1, -0.05) is 0 Å². The number of halogens is 1. The number of ketones is 1. The highest BCUT2D eigenvalue weighted by molar-refractivity contribution is 6.08. The smallest absolute Gasteiger partial charge is 0.191 e. The monoisotopic (exact) mass is 208 g/mol. The van der Waals surface area contributed by atoms with Crippen LogP contribution in [0.25, 0.3) is 0 Å². The average molecular weight is 208 g/mol. The maximum absolute atomic E-state index is 12.6. The fraction of sp³-hybridized carbons (Fsp3) is 0.250. The predicted molar refractivity (Wildman–Crippen MR) is 56.1 cm³/mol. The molecule has 0 aliphatic rings. The quantitative estimate of drug-likeness (QED) is 0.432. The Morgan fingerprint density at radius 1 is 1.40 bits per heavy atom. The molecule has 1 rings (SSSR count). The van der Waals surface area contributed by atoms with Crippen LogP contribution in [0.15, 0.2) is 36.1 Å². The van der Waals surface area contributed by atoms with E-state index in [4.69, 9.17) is 4.74 Å². The van der Waals surface area contributed by atoms with Gasteiger partial charge in [0, 0.05) is 11.1 Å². The Hall–Kier alpha value is -1.64. The lowest BCUT2D eigenvalue weighted by Gasteiger charge is -2.01. The summed E-state index contributed by atoms with van der Waals surface area (Å²) in [5.74, 6) is -0.499. The third kappa shape index (κ3) is 3.20. The third-order valence-electron chi connectivity index (χ3n) is 1.89. The van der Waals surface area contributed by atoms with Crippen LogP contribution < -0.4 is 0 Å². The minimum absolute atomic E-state index is 0.150. The molecule has 80 valence electrons. The summed E-state index contributed by atoms with van der Waals surface area (Å²) in [6, 6.07) is 5.45. The number of allylic oxidation sites excluding steroid dienone is 1. The zero-order valence-electron chi connectivity index (χ0n) is 8.79. The number of rotatable bonds is 4. The van der Waals surface area contributed by atoms with E-state index >= 15 is 0 Å². The van der Waals surface area contributed by atoms with Crippen LogP contribution in [0, 0.1) is 5.82 Å². The summed E-state index contributed by atoms with van der Waals surface area (Å²) in [5, 5.41) is 0. The predicted octanol–water partition coefficient (Wildman–Crippen LogP) is 2.95. The fourth-order valence-corrected chi connectivity index (χ4v) is 1.09. The summed E-state index contributed by atoms with van der Waals surface area (Å²) in [7, 11) is 0. The second kappa shape index (κ2) is 5.29. The van der Waals surface area contributed by atoms with Gasteiger partial charge in [-0.3, -0.25) is 4.79 Å². The fourth-order valence-electron chi connectivity index (χ4n) is 1.09. The first-order valence-electron chi connectivity index (χ1n) is 4.73. The Morgan fingerprint density at radius 2 is 2.00 bits per heavy atom. The number of hydrogen-bond donors (Lipinski definition) is 0. The molecule has 3 heteroatoms. The zero-order valence-corrected chi connectivity index (χ0v) is 8.79. The first-order chi connectivity index (χ1) is 7.15. The number of benzene rings is 1. The normalized spacial score (nSPS) is 11.3. The van der Waals surface area contributed by atoms with E-state index in [9.17, 15) is 9.18 Å². The molecule has 0 atom stereocenters. The van der Waals surface area contributed by atoms with Crippen LogP contribution in [0.5, 0.6) is 0 Å². The molecule has 0 saturated heterocycles. The molecule has 0 aliphatic carbocycles. The molecule has 0 radical (unpaired) electrons. The van der Waals surface area contributed by atoms with Crippen molar-refractivity contribution in [2.45, 2.75) is 13.8 Å². The van der Waals surface area contributed by atoms with Crippen molar-refractivity contribution >= 4 is 5.78 Å². The van der Waals surface area contributed by atoms with Crippen LogP contribution in [0.2, 0.25) is 0 Å². The third-order valence-corrected chi connectivity index (χ3v) is 1.89. The van der Waals surface area contributed by atoms with Gasteiger partial charge in [-0.05, 0) is 38.1 Å². The average Bonchev–Trinajstić information content (AvgIpc) is 2.26. The molecule has 0 unspecified atom stereocenters. The number of carbonyl (C=O) groups is 1. The van der Waals surface area contributed by atoms with Crippen LogP contribution in [-0.2, 0) is 4.74 Å². The van der Waals surface area contributed by atoms with Gasteiger partial charge in [0.15, 0.2) is 5.78 Å². The summed E-state index contributed by atoms with van der Waals surface area (Å²) in [6.45, 7) is 4.03. The van der Waals surface area contributed by atoms with Crippen molar-refractivity contribution in [2.75, 3.05) is 6.61 Å². The lowest BCUT2D eigenvalue weighted by molar-refractivity contribution is 0.102. The summed E-state index contributed by atoms with van der Waals surface area (Å²) in [5.41, 5.74) is 0.966. The zero-order chi connectivity index (χ0) is 11.3. The summed E-state index contributed by atoms with van der Waals surface area (Å²) < 4.78 is 17.6. The molecule has 0 spiro atoms. The number of Topliss-reactive ketones (excluding diaryl/α,β-unsaturated/α-hetero) is 1. The molecular weight excluding hydrogens is 195 g/mol. The lowest BCUT2D eigenvalue weighted by atomic mass is 10.1. The highest BCUT2D eigenvalue weighted by Crippen LogP contribution is 2.09. The Kier molecular flexibility index (Phi) is 4.03. The second-order valence-corrected chi connectivity index (χ2v) is 3.09. The van der Waals surface area contributed by atoms with Gasteiger partial charge in [-0.15, -0.1) is 0 Å². The van der Waals surface area contributed by atoms with Gasteiger partial charge >= 0.3 is 0 Å². The number of hydrogen-bond acceptors (Lipinski definition) is 2. The Bertz CT molecular complexity index is 366. The Labute approximate surface area is 88.4 Å². The van der Waals surface area contributed by atoms with Gasteiger partial charge in [-0.2, -0.15) is 0 Å². The van der Waals surface area contributed by atoms with Crippen LogP contribution >= 0.6 is 0 Å². The molecule has 0 fully saturated rings. The summed E-state index contributed by atoms with van der Waals surface area (Å²) >= 11 is 0. The van der Waals surface area contributed by atoms with Gasteiger partial charge in [0.05, 0.1) is 12.9 Å². The molecule has 1 aromatic rings. The summed E-state index contributed by atoms with van der Waals surface area (Å²) in [6.07, 6.45) is 1.42. The molecule has 0 N–H and O–H groups in total. The van der Waals surface area contributed by atoms with Crippen LogP contribution in [-0.4, -0.2) is 12.4 Å². The van der Waals surface area contributed by atoms with Gasteiger partial charge < -0.3 is 4.74 Å². The van der Waals surface area contributed by atoms with Crippen molar-refractivity contribution in [2.24, 2.45) is 0 Å². The Balaban J connectivity index is 2.80. The van der Waals surface area contributed by atoms with E-state index in [1.54, 1.807) is 6.92 Å². The molecular formula is C12H13FO2. The van der Waals surface area contributed by atoms with Crippen molar-refractivity contribution in [3.63, 3.8) is 0 Å². The van der Waals surface area contributed by atoms with E-state index in [0.717, 1.165) is 0 Å². The number of ether oxygens (including phenoxy) is 1. The molecule has 0 aliphatic heterocycles. The second-order valence-electron chi connectivity index (χ2n) is 3.09. The maximum atomic E-state index is 12.6. The number of carbonyl (C=O) groups excluding carboxylic acids is 1. The van der Waals surface area contributed by atoms with Crippen LogP contribution in [0.3, 0.4) is 0 Å². The molecule has 2 nitrogen and oxygen atoms in total. The highest BCUT2D eigenvalue weighted by Gasteiger charge is 2.07. The molecule has 0 heterocycles. The molecule has 15 heavy (non-hydrogen) atoms. The minimum Gasteiger partial charge on any atom is -0.501 e. The topological polar surface area (TPSA) is 26.3 Å². The van der Waals surface area contributed by atoms with Gasteiger partial charge in [0.25, 0.3) is 0 Å². The highest BCUT2D eigenvalue weighted by atomic mass is 19.1. The van der Waals surface area contributed by atoms with Crippen LogP contribution in [0.1, 0.15) is 24.2 Å². The molecule has 0 amide bonds. The van der Waals surface area contributed by atoms with E-state index in [2.05, 4.69) is 0 Å². The molecule has 0 bridgehead atoms. The maximum Gasteiger partial charge on any atom is 0.191 e. The molecule has 0 saturated carbocycles. The van der Waals surface area contributed by atoms with E-state index in [0.29, 0.717) is 17.7 Å². The van der Waals surface area contributed by atoms with Crippen LogP contribution in [0.4, 0.5) is 4.39 Å². The van der Waals surface area contributed by atoms with E-state index < -0.39 is 0 Å². The van der Waals surface area contributed by atoms with E-state index in [1.807, 2.05) is 6.92 Å². The lowest BCUT2D eigenvalue weighted by Crippen LogP contribution is -2.01. The SMILES string of the molecule is CCO/C=C(\C)C(=O)c1ccc(F)cc1. The standard InChI is InChI=1S/C12H13FO2/c1-3-15-8-9(2)12(14)10-4-6-11(13)7-5-10/h4-8H,3H2,1-2H3/b9-8+. The van der Waals surface area contributed by atoms with E-state index in [1.165, 1.54) is 30.5 Å². The minimum atomic E-state index is -0.349. The van der Waals surface area contributed by atoms with Crippen molar-refractivity contribution in [3.05, 3.63) is 47.5 Å². The van der Waals surface area contributed by atoms with Crippen molar-refractivity contribution in [1.29, 1.82) is 0 Å². The van der Waals surface area contributed by atoms with Gasteiger partial charge in [0.1, 0.15) is 5.82 Å². The van der Waals surface area contributed by atoms with Crippen molar-refractivity contribution < 1.29 is 13.9 Å². The molecule has 0 aromatic heterocycles.